The highest BCUT2D eigenvalue weighted by molar-refractivity contribution is 5.69. The molecule has 0 N–H and O–H groups in total. The summed E-state index contributed by atoms with van der Waals surface area (Å²) in [6.07, 6.45) is 1.53. The third-order valence-corrected chi connectivity index (χ3v) is 3.83. The summed E-state index contributed by atoms with van der Waals surface area (Å²) in [6, 6.07) is 9.63. The predicted octanol–water partition coefficient (Wildman–Crippen LogP) is 2.80. The SMILES string of the molecule is COCc1nnc(-c2ccc(-c3cc[n+]([O-])c(C)c3C)cc2)o1. The normalized spacial score (nSPS) is 10.9. The maximum absolute atomic E-state index is 11.6. The number of ether oxygens (including phenoxy) is 1. The second-order valence-electron chi connectivity index (χ2n) is 5.28. The van der Waals surface area contributed by atoms with Gasteiger partial charge >= 0.3 is 0 Å². The van der Waals surface area contributed by atoms with E-state index in [4.69, 9.17) is 9.15 Å². The molecule has 0 aliphatic rings. The molecule has 0 bridgehead atoms. The van der Waals surface area contributed by atoms with E-state index in [0.717, 1.165) is 27.0 Å². The molecule has 0 saturated heterocycles. The molecule has 1 aromatic carbocycles. The first-order valence-electron chi connectivity index (χ1n) is 7.21. The van der Waals surface area contributed by atoms with Crippen molar-refractivity contribution in [3.05, 3.63) is 58.9 Å². The van der Waals surface area contributed by atoms with Crippen LogP contribution in [0.1, 0.15) is 17.1 Å². The Bertz CT molecular complexity index is 826. The smallest absolute Gasteiger partial charge is 0.247 e. The van der Waals surface area contributed by atoms with E-state index in [1.807, 2.05) is 44.2 Å². The Morgan fingerprint density at radius 1 is 1.09 bits per heavy atom. The number of rotatable bonds is 4. The van der Waals surface area contributed by atoms with Crippen molar-refractivity contribution in [1.29, 1.82) is 0 Å². The first kappa shape index (κ1) is 15.2. The van der Waals surface area contributed by atoms with Crippen molar-refractivity contribution in [1.82, 2.24) is 10.2 Å². The third-order valence-electron chi connectivity index (χ3n) is 3.83. The van der Waals surface area contributed by atoms with Crippen LogP contribution >= 0.6 is 0 Å². The van der Waals surface area contributed by atoms with Crippen molar-refractivity contribution < 1.29 is 13.9 Å². The van der Waals surface area contributed by atoms with Crippen LogP contribution in [0.4, 0.5) is 0 Å². The minimum Gasteiger partial charge on any atom is -0.619 e. The van der Waals surface area contributed by atoms with Gasteiger partial charge in [-0.2, -0.15) is 4.73 Å². The van der Waals surface area contributed by atoms with Crippen molar-refractivity contribution in [2.24, 2.45) is 0 Å². The molecule has 3 rings (SSSR count). The Labute approximate surface area is 133 Å². The minimum absolute atomic E-state index is 0.294. The van der Waals surface area contributed by atoms with Gasteiger partial charge < -0.3 is 14.4 Å². The topological polar surface area (TPSA) is 75.1 Å². The van der Waals surface area contributed by atoms with Crippen LogP contribution in [0.25, 0.3) is 22.6 Å². The molecular formula is C17H17N3O3. The second kappa shape index (κ2) is 6.18. The summed E-state index contributed by atoms with van der Waals surface area (Å²) >= 11 is 0. The monoisotopic (exact) mass is 311 g/mol. The van der Waals surface area contributed by atoms with Crippen LogP contribution in [-0.4, -0.2) is 17.3 Å². The van der Waals surface area contributed by atoms with E-state index in [9.17, 15) is 5.21 Å². The first-order valence-corrected chi connectivity index (χ1v) is 7.21. The molecular weight excluding hydrogens is 294 g/mol. The lowest BCUT2D eigenvalue weighted by Gasteiger charge is -2.09. The molecule has 0 saturated carbocycles. The largest absolute Gasteiger partial charge is 0.619 e. The number of hydrogen-bond acceptors (Lipinski definition) is 5. The summed E-state index contributed by atoms with van der Waals surface area (Å²) in [5, 5.41) is 19.5. The van der Waals surface area contributed by atoms with Gasteiger partial charge in [-0.15, -0.1) is 10.2 Å². The average molecular weight is 311 g/mol. The molecule has 0 fully saturated rings. The predicted molar refractivity (Wildman–Crippen MR) is 84.3 cm³/mol. The van der Waals surface area contributed by atoms with Gasteiger partial charge in [0.05, 0.1) is 0 Å². The molecule has 0 radical (unpaired) electrons. The fraction of sp³-hybridized carbons (Fsp3) is 0.235. The van der Waals surface area contributed by atoms with E-state index >= 15 is 0 Å². The van der Waals surface area contributed by atoms with Crippen molar-refractivity contribution in [2.45, 2.75) is 20.5 Å². The summed E-state index contributed by atoms with van der Waals surface area (Å²) in [7, 11) is 1.58. The average Bonchev–Trinajstić information content (AvgIpc) is 3.02. The van der Waals surface area contributed by atoms with Gasteiger partial charge in [0, 0.05) is 31.2 Å². The summed E-state index contributed by atoms with van der Waals surface area (Å²) < 4.78 is 11.4. The summed E-state index contributed by atoms with van der Waals surface area (Å²) in [5.41, 5.74) is 4.58. The molecule has 6 heteroatoms. The molecule has 2 heterocycles. The molecule has 0 aliphatic carbocycles. The number of nitrogens with zero attached hydrogens (tertiary/aromatic N) is 3. The Balaban J connectivity index is 1.91. The van der Waals surface area contributed by atoms with E-state index in [0.29, 0.717) is 24.1 Å². The van der Waals surface area contributed by atoms with E-state index in [-0.39, 0.29) is 0 Å². The summed E-state index contributed by atoms with van der Waals surface area (Å²) in [4.78, 5) is 0. The molecule has 6 nitrogen and oxygen atoms in total. The molecule has 0 atom stereocenters. The van der Waals surface area contributed by atoms with Gasteiger partial charge in [0.1, 0.15) is 6.61 Å². The van der Waals surface area contributed by atoms with Gasteiger partial charge in [-0.25, -0.2) is 0 Å². The van der Waals surface area contributed by atoms with Crippen molar-refractivity contribution in [3.63, 3.8) is 0 Å². The maximum Gasteiger partial charge on any atom is 0.247 e. The van der Waals surface area contributed by atoms with Crippen molar-refractivity contribution >= 4 is 0 Å². The molecule has 23 heavy (non-hydrogen) atoms. The highest BCUT2D eigenvalue weighted by Crippen LogP contribution is 2.26. The number of hydrogen-bond donors (Lipinski definition) is 0. The minimum atomic E-state index is 0.294. The van der Waals surface area contributed by atoms with Gasteiger partial charge in [-0.1, -0.05) is 12.1 Å². The lowest BCUT2D eigenvalue weighted by Crippen LogP contribution is -2.30. The Morgan fingerprint density at radius 2 is 1.78 bits per heavy atom. The quantitative estimate of drug-likeness (QED) is 0.547. The van der Waals surface area contributed by atoms with Crippen LogP contribution in [-0.2, 0) is 11.3 Å². The molecule has 0 spiro atoms. The van der Waals surface area contributed by atoms with Crippen molar-refractivity contribution in [3.8, 4) is 22.6 Å². The zero-order chi connectivity index (χ0) is 16.4. The number of pyridine rings is 1. The third kappa shape index (κ3) is 2.93. The van der Waals surface area contributed by atoms with Crippen molar-refractivity contribution in [2.75, 3.05) is 7.11 Å². The molecule has 0 amide bonds. The lowest BCUT2D eigenvalue weighted by atomic mass is 9.99. The Morgan fingerprint density at radius 3 is 2.48 bits per heavy atom. The van der Waals surface area contributed by atoms with Gasteiger partial charge in [-0.3, -0.25) is 0 Å². The lowest BCUT2D eigenvalue weighted by molar-refractivity contribution is -0.612. The van der Waals surface area contributed by atoms with E-state index < -0.39 is 0 Å². The highest BCUT2D eigenvalue weighted by Gasteiger charge is 2.12. The van der Waals surface area contributed by atoms with E-state index in [2.05, 4.69) is 10.2 Å². The van der Waals surface area contributed by atoms with Crippen LogP contribution in [0.15, 0.2) is 40.9 Å². The fourth-order valence-corrected chi connectivity index (χ4v) is 2.40. The zero-order valence-corrected chi connectivity index (χ0v) is 13.2. The number of benzene rings is 1. The summed E-state index contributed by atoms with van der Waals surface area (Å²) in [6.45, 7) is 4.06. The van der Waals surface area contributed by atoms with Crippen LogP contribution in [0, 0.1) is 19.1 Å². The van der Waals surface area contributed by atoms with Crippen LogP contribution in [0.5, 0.6) is 0 Å². The number of aromatic nitrogens is 3. The van der Waals surface area contributed by atoms with Gasteiger partial charge in [0.2, 0.25) is 11.8 Å². The van der Waals surface area contributed by atoms with E-state index in [1.54, 1.807) is 7.11 Å². The van der Waals surface area contributed by atoms with Crippen LogP contribution < -0.4 is 4.73 Å². The van der Waals surface area contributed by atoms with Crippen LogP contribution in [0.2, 0.25) is 0 Å². The van der Waals surface area contributed by atoms with Gasteiger partial charge in [0.25, 0.3) is 0 Å². The summed E-state index contributed by atoms with van der Waals surface area (Å²) in [5.74, 6) is 0.906. The zero-order valence-electron chi connectivity index (χ0n) is 13.2. The molecule has 2 aromatic heterocycles. The highest BCUT2D eigenvalue weighted by atomic mass is 16.5. The van der Waals surface area contributed by atoms with E-state index in [1.165, 1.54) is 6.20 Å². The van der Waals surface area contributed by atoms with Gasteiger partial charge in [-0.05, 0) is 30.2 Å². The molecule has 118 valence electrons. The first-order chi connectivity index (χ1) is 11.1. The Hall–Kier alpha value is -2.73. The molecule has 3 aromatic rings. The Kier molecular flexibility index (Phi) is 4.08. The standard InChI is InChI=1S/C17H17N3O3/c1-11-12(2)20(21)9-8-15(11)13-4-6-14(7-5-13)17-19-18-16(23-17)10-22-3/h4-9H,10H2,1-3H3. The molecule has 0 unspecified atom stereocenters. The van der Waals surface area contributed by atoms with Gasteiger partial charge in [0.15, 0.2) is 11.9 Å². The molecule has 0 aliphatic heterocycles. The fourth-order valence-electron chi connectivity index (χ4n) is 2.40. The second-order valence-corrected chi connectivity index (χ2v) is 5.28. The maximum atomic E-state index is 11.6. The van der Waals surface area contributed by atoms with Crippen LogP contribution in [0.3, 0.4) is 0 Å². The number of methoxy groups -OCH3 is 1.